The molecule has 0 saturated heterocycles. The van der Waals surface area contributed by atoms with Gasteiger partial charge in [-0.3, -0.25) is 9.69 Å². The molecular formula is C13H19NO5. The van der Waals surface area contributed by atoms with Crippen LogP contribution in [-0.4, -0.2) is 43.6 Å². The number of rotatable bonds is 7. The highest BCUT2D eigenvalue weighted by atomic mass is 16.5. The molecule has 0 fully saturated rings. The maximum atomic E-state index is 11.4. The maximum absolute atomic E-state index is 11.4. The lowest BCUT2D eigenvalue weighted by Crippen LogP contribution is -2.30. The Kier molecular flexibility index (Phi) is 6.08. The van der Waals surface area contributed by atoms with Crippen molar-refractivity contribution < 1.29 is 23.5 Å². The third-order valence-electron chi connectivity index (χ3n) is 2.53. The van der Waals surface area contributed by atoms with Gasteiger partial charge in [-0.25, -0.2) is 4.79 Å². The molecule has 0 saturated carbocycles. The second-order valence-corrected chi connectivity index (χ2v) is 3.87. The number of hydrogen-bond acceptors (Lipinski definition) is 6. The van der Waals surface area contributed by atoms with Crippen LogP contribution < -0.4 is 0 Å². The molecule has 1 aromatic heterocycles. The average molecular weight is 269 g/mol. The van der Waals surface area contributed by atoms with E-state index >= 15 is 0 Å². The molecule has 0 spiro atoms. The van der Waals surface area contributed by atoms with Crippen LogP contribution in [0, 0.1) is 0 Å². The summed E-state index contributed by atoms with van der Waals surface area (Å²) in [7, 11) is 1.30. The Morgan fingerprint density at radius 3 is 2.63 bits per heavy atom. The molecule has 0 aliphatic carbocycles. The Bertz CT molecular complexity index is 426. The first-order valence-electron chi connectivity index (χ1n) is 6.15. The molecule has 0 aliphatic rings. The normalized spacial score (nSPS) is 10.5. The number of nitrogens with zero attached hydrogens (tertiary/aromatic N) is 1. The van der Waals surface area contributed by atoms with Gasteiger partial charge in [-0.1, -0.05) is 6.92 Å². The SMILES string of the molecule is CCOC(=O)CN(CC)Cc1ccc(C(=O)OC)o1. The Morgan fingerprint density at radius 1 is 1.32 bits per heavy atom. The van der Waals surface area contributed by atoms with Gasteiger partial charge in [0.2, 0.25) is 5.76 Å². The zero-order chi connectivity index (χ0) is 14.3. The Morgan fingerprint density at radius 2 is 2.05 bits per heavy atom. The van der Waals surface area contributed by atoms with Gasteiger partial charge in [0.15, 0.2) is 0 Å². The van der Waals surface area contributed by atoms with Crippen LogP contribution in [0.5, 0.6) is 0 Å². The third kappa shape index (κ3) is 4.75. The fraction of sp³-hybridized carbons (Fsp3) is 0.538. The summed E-state index contributed by atoms with van der Waals surface area (Å²) in [5.74, 6) is -0.0278. The minimum Gasteiger partial charge on any atom is -0.465 e. The number of esters is 2. The van der Waals surface area contributed by atoms with Crippen molar-refractivity contribution in [2.24, 2.45) is 0 Å². The van der Waals surface area contributed by atoms with Crippen LogP contribution in [0.15, 0.2) is 16.5 Å². The van der Waals surface area contributed by atoms with Gasteiger partial charge >= 0.3 is 11.9 Å². The molecule has 19 heavy (non-hydrogen) atoms. The second-order valence-electron chi connectivity index (χ2n) is 3.87. The van der Waals surface area contributed by atoms with Crippen molar-refractivity contribution in [2.45, 2.75) is 20.4 Å². The van der Waals surface area contributed by atoms with E-state index in [9.17, 15) is 9.59 Å². The van der Waals surface area contributed by atoms with Crippen molar-refractivity contribution in [3.05, 3.63) is 23.7 Å². The zero-order valence-electron chi connectivity index (χ0n) is 11.5. The largest absolute Gasteiger partial charge is 0.465 e. The van der Waals surface area contributed by atoms with E-state index in [0.717, 1.165) is 0 Å². The first-order valence-corrected chi connectivity index (χ1v) is 6.15. The topological polar surface area (TPSA) is 69.0 Å². The Labute approximate surface area is 112 Å². The number of ether oxygens (including phenoxy) is 2. The van der Waals surface area contributed by atoms with E-state index in [1.807, 2.05) is 11.8 Å². The van der Waals surface area contributed by atoms with Crippen molar-refractivity contribution >= 4 is 11.9 Å². The van der Waals surface area contributed by atoms with Crippen LogP contribution in [0.25, 0.3) is 0 Å². The Balaban J connectivity index is 2.58. The molecule has 1 aromatic rings. The quantitative estimate of drug-likeness (QED) is 0.698. The summed E-state index contributed by atoms with van der Waals surface area (Å²) in [6, 6.07) is 3.25. The number of hydrogen-bond donors (Lipinski definition) is 0. The summed E-state index contributed by atoms with van der Waals surface area (Å²) in [5, 5.41) is 0. The Hall–Kier alpha value is -1.82. The number of carbonyl (C=O) groups excluding carboxylic acids is 2. The van der Waals surface area contributed by atoms with E-state index in [1.54, 1.807) is 19.1 Å². The van der Waals surface area contributed by atoms with Crippen LogP contribution in [0.1, 0.15) is 30.2 Å². The van der Waals surface area contributed by atoms with Crippen LogP contribution >= 0.6 is 0 Å². The standard InChI is InChI=1S/C13H19NO5/c1-4-14(9-12(15)18-5-2)8-10-6-7-11(19-10)13(16)17-3/h6-7H,4-5,8-9H2,1-3H3. The zero-order valence-corrected chi connectivity index (χ0v) is 11.5. The van der Waals surface area contributed by atoms with Gasteiger partial charge < -0.3 is 13.9 Å². The highest BCUT2D eigenvalue weighted by Crippen LogP contribution is 2.11. The molecule has 0 radical (unpaired) electrons. The maximum Gasteiger partial charge on any atom is 0.373 e. The van der Waals surface area contributed by atoms with Crippen molar-refractivity contribution in [3.63, 3.8) is 0 Å². The minimum atomic E-state index is -0.514. The summed E-state index contributed by atoms with van der Waals surface area (Å²) in [6.45, 7) is 5.37. The van der Waals surface area contributed by atoms with Crippen molar-refractivity contribution in [3.8, 4) is 0 Å². The predicted octanol–water partition coefficient (Wildman–Crippen LogP) is 1.45. The molecule has 0 bridgehead atoms. The first kappa shape index (κ1) is 15.2. The van der Waals surface area contributed by atoms with E-state index < -0.39 is 5.97 Å². The van der Waals surface area contributed by atoms with E-state index in [2.05, 4.69) is 4.74 Å². The molecule has 6 nitrogen and oxygen atoms in total. The van der Waals surface area contributed by atoms with Gasteiger partial charge in [0, 0.05) is 0 Å². The molecule has 0 unspecified atom stereocenters. The molecular weight excluding hydrogens is 250 g/mol. The fourth-order valence-electron chi connectivity index (χ4n) is 1.56. The molecule has 106 valence electrons. The van der Waals surface area contributed by atoms with Gasteiger partial charge in [0.1, 0.15) is 5.76 Å². The van der Waals surface area contributed by atoms with Gasteiger partial charge in [-0.15, -0.1) is 0 Å². The third-order valence-corrected chi connectivity index (χ3v) is 2.53. The molecule has 0 amide bonds. The molecule has 6 heteroatoms. The monoisotopic (exact) mass is 269 g/mol. The highest BCUT2D eigenvalue weighted by molar-refractivity contribution is 5.86. The minimum absolute atomic E-state index is 0.157. The number of carbonyl (C=O) groups is 2. The number of methoxy groups -OCH3 is 1. The van der Waals surface area contributed by atoms with Crippen molar-refractivity contribution in [2.75, 3.05) is 26.8 Å². The fourth-order valence-corrected chi connectivity index (χ4v) is 1.56. The highest BCUT2D eigenvalue weighted by Gasteiger charge is 2.15. The lowest BCUT2D eigenvalue weighted by molar-refractivity contribution is -0.144. The van der Waals surface area contributed by atoms with Gasteiger partial charge in [0.25, 0.3) is 0 Å². The van der Waals surface area contributed by atoms with Crippen molar-refractivity contribution in [1.29, 1.82) is 0 Å². The number of furan rings is 1. The summed E-state index contributed by atoms with van der Waals surface area (Å²) in [5.41, 5.74) is 0. The van der Waals surface area contributed by atoms with Gasteiger partial charge in [-0.2, -0.15) is 0 Å². The number of likely N-dealkylation sites (N-methyl/N-ethyl adjacent to an activating group) is 1. The predicted molar refractivity (Wildman–Crippen MR) is 67.6 cm³/mol. The van der Waals surface area contributed by atoms with Gasteiger partial charge in [-0.05, 0) is 25.6 Å². The molecule has 0 aliphatic heterocycles. The molecule has 0 N–H and O–H groups in total. The van der Waals surface area contributed by atoms with Crippen molar-refractivity contribution in [1.82, 2.24) is 4.90 Å². The van der Waals surface area contributed by atoms with E-state index in [0.29, 0.717) is 25.5 Å². The smallest absolute Gasteiger partial charge is 0.373 e. The van der Waals surface area contributed by atoms with E-state index in [4.69, 9.17) is 9.15 Å². The molecule has 0 atom stereocenters. The van der Waals surface area contributed by atoms with Crippen LogP contribution in [0.4, 0.5) is 0 Å². The average Bonchev–Trinajstić information content (AvgIpc) is 2.85. The second kappa shape index (κ2) is 7.58. The molecule has 1 rings (SSSR count). The lowest BCUT2D eigenvalue weighted by atomic mass is 10.3. The van der Waals surface area contributed by atoms with Crippen LogP contribution in [-0.2, 0) is 20.8 Å². The molecule has 1 heterocycles. The summed E-state index contributed by atoms with van der Waals surface area (Å²) in [6.07, 6.45) is 0. The molecule has 0 aromatic carbocycles. The van der Waals surface area contributed by atoms with Crippen LogP contribution in [0.2, 0.25) is 0 Å². The summed E-state index contributed by atoms with van der Waals surface area (Å²) >= 11 is 0. The van der Waals surface area contributed by atoms with E-state index in [1.165, 1.54) is 7.11 Å². The lowest BCUT2D eigenvalue weighted by Gasteiger charge is -2.17. The van der Waals surface area contributed by atoms with Crippen LogP contribution in [0.3, 0.4) is 0 Å². The first-order chi connectivity index (χ1) is 9.10. The van der Waals surface area contributed by atoms with Gasteiger partial charge in [0.05, 0.1) is 26.8 Å². The van der Waals surface area contributed by atoms with E-state index in [-0.39, 0.29) is 18.3 Å². The summed E-state index contributed by atoms with van der Waals surface area (Å²) < 4.78 is 14.8. The summed E-state index contributed by atoms with van der Waals surface area (Å²) in [4.78, 5) is 24.5.